The van der Waals surface area contributed by atoms with Gasteiger partial charge in [0.05, 0.1) is 4.34 Å². The molecule has 1 aromatic carbocycles. The first-order valence-corrected chi connectivity index (χ1v) is 9.83. The number of thiophene rings is 1. The number of hydrogen-bond acceptors (Lipinski definition) is 6. The smallest absolute Gasteiger partial charge is 0.228 e. The first-order chi connectivity index (χ1) is 13.2. The molecular formula is C19H18ClFN4OS. The number of rotatable bonds is 5. The Morgan fingerprint density at radius 1 is 1.04 bits per heavy atom. The first kappa shape index (κ1) is 18.2. The minimum atomic E-state index is -0.298. The van der Waals surface area contributed by atoms with Crippen LogP contribution in [0.2, 0.25) is 4.34 Å². The number of nitrogens with zero attached hydrogens (tertiary/aromatic N) is 4. The highest BCUT2D eigenvalue weighted by Gasteiger charge is 2.20. The maximum atomic E-state index is 13.0. The van der Waals surface area contributed by atoms with Gasteiger partial charge in [0.1, 0.15) is 11.6 Å². The quantitative estimate of drug-likeness (QED) is 0.628. The fourth-order valence-electron chi connectivity index (χ4n) is 2.93. The molecule has 0 N–H and O–H groups in total. The van der Waals surface area contributed by atoms with E-state index in [1.807, 2.05) is 6.07 Å². The van der Waals surface area contributed by atoms with E-state index in [0.717, 1.165) is 37.1 Å². The second kappa shape index (κ2) is 8.21. The van der Waals surface area contributed by atoms with Crippen molar-refractivity contribution < 1.29 is 9.13 Å². The van der Waals surface area contributed by atoms with Crippen LogP contribution in [0.5, 0.6) is 11.6 Å². The number of anilines is 1. The third-order valence-electron chi connectivity index (χ3n) is 4.32. The normalized spacial score (nSPS) is 15.1. The van der Waals surface area contributed by atoms with Gasteiger partial charge in [-0.1, -0.05) is 11.6 Å². The summed E-state index contributed by atoms with van der Waals surface area (Å²) in [5, 5.41) is 0. The van der Waals surface area contributed by atoms with Crippen molar-refractivity contribution in [2.45, 2.75) is 6.54 Å². The fraction of sp³-hybridized carbons (Fsp3) is 0.263. The van der Waals surface area contributed by atoms with Gasteiger partial charge in [-0.2, -0.15) is 4.98 Å². The summed E-state index contributed by atoms with van der Waals surface area (Å²) in [6.45, 7) is 4.47. The summed E-state index contributed by atoms with van der Waals surface area (Å²) in [4.78, 5) is 14.7. The van der Waals surface area contributed by atoms with Crippen molar-refractivity contribution >= 4 is 28.9 Å². The van der Waals surface area contributed by atoms with Crippen LogP contribution in [0.1, 0.15) is 4.88 Å². The molecule has 140 valence electrons. The summed E-state index contributed by atoms with van der Waals surface area (Å²) in [6.07, 6.45) is 1.68. The van der Waals surface area contributed by atoms with Gasteiger partial charge >= 0.3 is 0 Å². The number of hydrogen-bond donors (Lipinski definition) is 0. The number of aromatic nitrogens is 2. The molecule has 0 saturated carbocycles. The van der Waals surface area contributed by atoms with Crippen molar-refractivity contribution in [3.8, 4) is 11.6 Å². The molecule has 1 aliphatic rings. The third kappa shape index (κ3) is 4.74. The maximum Gasteiger partial charge on any atom is 0.228 e. The fourth-order valence-corrected chi connectivity index (χ4v) is 4.06. The zero-order valence-electron chi connectivity index (χ0n) is 14.5. The maximum absolute atomic E-state index is 13.0. The van der Waals surface area contributed by atoms with Crippen LogP contribution in [-0.2, 0) is 6.54 Å². The first-order valence-electron chi connectivity index (χ1n) is 8.64. The molecule has 5 nitrogen and oxygen atoms in total. The van der Waals surface area contributed by atoms with E-state index in [-0.39, 0.29) is 5.82 Å². The number of benzene rings is 1. The van der Waals surface area contributed by atoms with Gasteiger partial charge in [0.25, 0.3) is 0 Å². The molecule has 4 rings (SSSR count). The van der Waals surface area contributed by atoms with E-state index in [9.17, 15) is 4.39 Å². The lowest BCUT2D eigenvalue weighted by molar-refractivity contribution is 0.250. The predicted octanol–water partition coefficient (Wildman–Crippen LogP) is 4.45. The molecule has 0 unspecified atom stereocenters. The van der Waals surface area contributed by atoms with Gasteiger partial charge in [-0.05, 0) is 36.4 Å². The Kier molecular flexibility index (Phi) is 5.52. The molecule has 0 amide bonds. The summed E-state index contributed by atoms with van der Waals surface area (Å²) in [5.41, 5.74) is 0. The Balaban J connectivity index is 1.36. The number of piperazine rings is 1. The topological polar surface area (TPSA) is 41.5 Å². The largest absolute Gasteiger partial charge is 0.439 e. The van der Waals surface area contributed by atoms with Gasteiger partial charge in [-0.25, -0.2) is 9.37 Å². The van der Waals surface area contributed by atoms with E-state index < -0.39 is 0 Å². The molecule has 3 heterocycles. The Bertz CT molecular complexity index is 897. The van der Waals surface area contributed by atoms with E-state index in [1.165, 1.54) is 17.0 Å². The van der Waals surface area contributed by atoms with Gasteiger partial charge < -0.3 is 9.64 Å². The van der Waals surface area contributed by atoms with Crippen molar-refractivity contribution in [3.63, 3.8) is 0 Å². The summed E-state index contributed by atoms with van der Waals surface area (Å²) >= 11 is 7.63. The van der Waals surface area contributed by atoms with Crippen molar-refractivity contribution in [2.75, 3.05) is 31.1 Å². The second-order valence-electron chi connectivity index (χ2n) is 6.22. The summed E-state index contributed by atoms with van der Waals surface area (Å²) in [5.74, 6) is 1.34. The zero-order chi connectivity index (χ0) is 18.6. The Hall–Kier alpha value is -2.22. The monoisotopic (exact) mass is 404 g/mol. The van der Waals surface area contributed by atoms with E-state index in [2.05, 4.69) is 25.8 Å². The molecule has 27 heavy (non-hydrogen) atoms. The lowest BCUT2D eigenvalue weighted by Gasteiger charge is -2.34. The van der Waals surface area contributed by atoms with Crippen LogP contribution in [0.3, 0.4) is 0 Å². The summed E-state index contributed by atoms with van der Waals surface area (Å²) in [7, 11) is 0. The van der Waals surface area contributed by atoms with Crippen molar-refractivity contribution in [1.29, 1.82) is 0 Å². The number of halogens is 2. The van der Waals surface area contributed by atoms with Gasteiger partial charge in [-0.3, -0.25) is 4.90 Å². The van der Waals surface area contributed by atoms with Crippen LogP contribution in [0, 0.1) is 5.82 Å². The molecule has 0 atom stereocenters. The van der Waals surface area contributed by atoms with Crippen LogP contribution in [-0.4, -0.2) is 41.0 Å². The molecule has 1 fully saturated rings. The highest BCUT2D eigenvalue weighted by molar-refractivity contribution is 7.16. The molecule has 1 aliphatic heterocycles. The average molecular weight is 405 g/mol. The lowest BCUT2D eigenvalue weighted by Crippen LogP contribution is -2.46. The van der Waals surface area contributed by atoms with Crippen LogP contribution in [0.15, 0.2) is 48.7 Å². The molecule has 1 saturated heterocycles. The standard InChI is InChI=1S/C19H18ClFN4OS/c20-17-6-5-16(27-17)13-24-9-11-25(12-10-24)19-22-8-7-18(23-19)26-15-3-1-14(21)2-4-15/h1-8H,9-13H2. The summed E-state index contributed by atoms with van der Waals surface area (Å²) < 4.78 is 19.5. The van der Waals surface area contributed by atoms with Gasteiger partial charge in [0.15, 0.2) is 0 Å². The predicted molar refractivity (Wildman–Crippen MR) is 105 cm³/mol. The lowest BCUT2D eigenvalue weighted by atomic mass is 10.3. The Morgan fingerprint density at radius 3 is 2.52 bits per heavy atom. The molecule has 0 radical (unpaired) electrons. The van der Waals surface area contributed by atoms with Crippen LogP contribution >= 0.6 is 22.9 Å². The minimum absolute atomic E-state index is 0.298. The van der Waals surface area contributed by atoms with Crippen LogP contribution < -0.4 is 9.64 Å². The average Bonchev–Trinajstić information content (AvgIpc) is 3.09. The molecular weight excluding hydrogens is 387 g/mol. The highest BCUT2D eigenvalue weighted by atomic mass is 35.5. The van der Waals surface area contributed by atoms with E-state index >= 15 is 0 Å². The highest BCUT2D eigenvalue weighted by Crippen LogP contribution is 2.24. The second-order valence-corrected chi connectivity index (χ2v) is 8.02. The van der Waals surface area contributed by atoms with Gasteiger partial charge in [0, 0.05) is 49.9 Å². The molecule has 0 aliphatic carbocycles. The van der Waals surface area contributed by atoms with Crippen molar-refractivity contribution in [1.82, 2.24) is 14.9 Å². The van der Waals surface area contributed by atoms with Crippen LogP contribution in [0.25, 0.3) is 0 Å². The Morgan fingerprint density at radius 2 is 1.81 bits per heavy atom. The summed E-state index contributed by atoms with van der Waals surface area (Å²) in [6, 6.07) is 11.6. The SMILES string of the molecule is Fc1ccc(Oc2ccnc(N3CCN(Cc4ccc(Cl)s4)CC3)n2)cc1. The van der Waals surface area contributed by atoms with Gasteiger partial charge in [0.2, 0.25) is 11.8 Å². The minimum Gasteiger partial charge on any atom is -0.439 e. The van der Waals surface area contributed by atoms with Crippen molar-refractivity contribution in [3.05, 3.63) is 63.7 Å². The van der Waals surface area contributed by atoms with Crippen molar-refractivity contribution in [2.24, 2.45) is 0 Å². The third-order valence-corrected chi connectivity index (χ3v) is 5.53. The molecule has 8 heteroatoms. The van der Waals surface area contributed by atoms with E-state index in [4.69, 9.17) is 16.3 Å². The van der Waals surface area contributed by atoms with Gasteiger partial charge in [-0.15, -0.1) is 11.3 Å². The zero-order valence-corrected chi connectivity index (χ0v) is 16.1. The van der Waals surface area contributed by atoms with E-state index in [1.54, 1.807) is 35.7 Å². The molecule has 2 aromatic heterocycles. The molecule has 3 aromatic rings. The van der Waals surface area contributed by atoms with E-state index in [0.29, 0.717) is 17.6 Å². The number of ether oxygens (including phenoxy) is 1. The molecule has 0 bridgehead atoms. The Labute approximate surface area is 166 Å². The van der Waals surface area contributed by atoms with Crippen LogP contribution in [0.4, 0.5) is 10.3 Å². The molecule has 0 spiro atoms.